The third-order valence-corrected chi connectivity index (χ3v) is 4.42. The number of benzene rings is 3. The van der Waals surface area contributed by atoms with Crippen molar-refractivity contribution in [3.8, 4) is 11.5 Å². The average Bonchev–Trinajstić information content (AvgIpc) is 2.84. The number of methoxy groups -OCH3 is 1. The molecule has 0 fully saturated rings. The first kappa shape index (κ1) is 22.7. The molecule has 3 aromatic rings. The summed E-state index contributed by atoms with van der Waals surface area (Å²) in [7, 11) is 1.53. The van der Waals surface area contributed by atoms with Gasteiger partial charge >= 0.3 is 0 Å². The molecule has 0 bridgehead atoms. The lowest BCUT2D eigenvalue weighted by Crippen LogP contribution is -2.19. The van der Waals surface area contributed by atoms with Gasteiger partial charge in [-0.1, -0.05) is 42.5 Å². The van der Waals surface area contributed by atoms with Crippen molar-refractivity contribution in [1.82, 2.24) is 5.43 Å². The first-order valence-corrected chi connectivity index (χ1v) is 10.0. The van der Waals surface area contributed by atoms with E-state index in [4.69, 9.17) is 21.1 Å². The standard InChI is InChI=1S/C24H21ClN4O3/c1-3-15-32-21-14-9-18(16-22(21)31-2)23(27-26-20-12-10-19(25)11-13-20)28-29-24(30)17-7-5-4-6-8-17/h3-14,16H,1,15H2,2H3,(H,29,30). The summed E-state index contributed by atoms with van der Waals surface area (Å²) in [5.41, 5.74) is 4.13. The van der Waals surface area contributed by atoms with Crippen molar-refractivity contribution < 1.29 is 14.3 Å². The maximum atomic E-state index is 12.4. The van der Waals surface area contributed by atoms with Crippen molar-refractivity contribution in [3.63, 3.8) is 0 Å². The molecule has 0 atom stereocenters. The van der Waals surface area contributed by atoms with Crippen LogP contribution >= 0.6 is 11.6 Å². The molecular weight excluding hydrogens is 428 g/mol. The van der Waals surface area contributed by atoms with E-state index in [0.29, 0.717) is 39.9 Å². The number of halogens is 1. The van der Waals surface area contributed by atoms with Crippen LogP contribution in [0.3, 0.4) is 0 Å². The van der Waals surface area contributed by atoms with E-state index < -0.39 is 0 Å². The Labute approximate surface area is 191 Å². The van der Waals surface area contributed by atoms with Crippen LogP contribution in [0.4, 0.5) is 5.69 Å². The maximum absolute atomic E-state index is 12.4. The molecule has 1 amide bonds. The topological polar surface area (TPSA) is 84.6 Å². The summed E-state index contributed by atoms with van der Waals surface area (Å²) >= 11 is 5.92. The Morgan fingerprint density at radius 1 is 1.03 bits per heavy atom. The zero-order valence-electron chi connectivity index (χ0n) is 17.4. The largest absolute Gasteiger partial charge is 0.493 e. The van der Waals surface area contributed by atoms with Gasteiger partial charge in [-0.15, -0.1) is 15.3 Å². The molecule has 1 N–H and O–H groups in total. The van der Waals surface area contributed by atoms with Crippen LogP contribution in [0.25, 0.3) is 0 Å². The summed E-state index contributed by atoms with van der Waals surface area (Å²) in [6.07, 6.45) is 1.64. The number of amides is 1. The molecular formula is C24H21ClN4O3. The minimum atomic E-state index is -0.373. The molecule has 0 saturated carbocycles. The number of hydrazone groups is 1. The van der Waals surface area contributed by atoms with Crippen molar-refractivity contribution in [1.29, 1.82) is 0 Å². The number of nitrogens with zero attached hydrogens (tertiary/aromatic N) is 3. The molecule has 162 valence electrons. The normalized spacial score (nSPS) is 11.2. The van der Waals surface area contributed by atoms with E-state index in [0.717, 1.165) is 0 Å². The van der Waals surface area contributed by atoms with Gasteiger partial charge in [-0.25, -0.2) is 5.43 Å². The second-order valence-electron chi connectivity index (χ2n) is 6.38. The molecule has 3 aromatic carbocycles. The van der Waals surface area contributed by atoms with E-state index in [9.17, 15) is 4.79 Å². The Morgan fingerprint density at radius 2 is 1.78 bits per heavy atom. The highest BCUT2D eigenvalue weighted by Crippen LogP contribution is 2.29. The maximum Gasteiger partial charge on any atom is 0.271 e. The van der Waals surface area contributed by atoms with E-state index in [-0.39, 0.29) is 11.7 Å². The number of hydrogen-bond acceptors (Lipinski definition) is 5. The quantitative estimate of drug-likeness (QED) is 0.155. The third kappa shape index (κ3) is 6.26. The van der Waals surface area contributed by atoms with Crippen molar-refractivity contribution in [3.05, 3.63) is 102 Å². The molecule has 32 heavy (non-hydrogen) atoms. The molecule has 0 aliphatic rings. The highest BCUT2D eigenvalue weighted by Gasteiger charge is 2.11. The fourth-order valence-electron chi connectivity index (χ4n) is 2.59. The summed E-state index contributed by atoms with van der Waals surface area (Å²) in [6.45, 7) is 3.97. The Kier molecular flexibility index (Phi) is 8.11. The molecule has 0 heterocycles. The zero-order valence-corrected chi connectivity index (χ0v) is 18.1. The van der Waals surface area contributed by atoms with E-state index in [1.54, 1.807) is 72.8 Å². The van der Waals surface area contributed by atoms with Crippen LogP contribution in [-0.2, 0) is 0 Å². The van der Waals surface area contributed by atoms with Crippen molar-refractivity contribution in [2.24, 2.45) is 15.3 Å². The molecule has 0 aliphatic carbocycles. The van der Waals surface area contributed by atoms with Crippen LogP contribution in [0.15, 0.2) is 101 Å². The third-order valence-electron chi connectivity index (χ3n) is 4.16. The van der Waals surface area contributed by atoms with Gasteiger partial charge in [0.25, 0.3) is 5.91 Å². The zero-order chi connectivity index (χ0) is 22.8. The van der Waals surface area contributed by atoms with E-state index >= 15 is 0 Å². The Morgan fingerprint density at radius 3 is 2.47 bits per heavy atom. The predicted molar refractivity (Wildman–Crippen MR) is 125 cm³/mol. The summed E-state index contributed by atoms with van der Waals surface area (Å²) in [5, 5.41) is 13.2. The number of nitrogens with one attached hydrogen (secondary N) is 1. The molecule has 0 radical (unpaired) electrons. The Bertz CT molecular complexity index is 1130. The number of ether oxygens (including phenoxy) is 2. The lowest BCUT2D eigenvalue weighted by molar-refractivity contribution is 0.0955. The van der Waals surface area contributed by atoms with Gasteiger partial charge in [0.15, 0.2) is 11.5 Å². The summed E-state index contributed by atoms with van der Waals surface area (Å²) < 4.78 is 11.0. The molecule has 0 spiro atoms. The van der Waals surface area contributed by atoms with Gasteiger partial charge in [0, 0.05) is 16.1 Å². The van der Waals surface area contributed by atoms with E-state index in [2.05, 4.69) is 27.3 Å². The van der Waals surface area contributed by atoms with Crippen LogP contribution < -0.4 is 14.9 Å². The van der Waals surface area contributed by atoms with Crippen molar-refractivity contribution >= 4 is 29.0 Å². The van der Waals surface area contributed by atoms with Gasteiger partial charge in [-0.2, -0.15) is 0 Å². The number of carbonyl (C=O) groups excluding carboxylic acids is 1. The molecule has 3 rings (SSSR count). The first-order valence-electron chi connectivity index (χ1n) is 9.63. The van der Waals surface area contributed by atoms with Crippen LogP contribution in [0.2, 0.25) is 5.02 Å². The van der Waals surface area contributed by atoms with Crippen LogP contribution in [0.1, 0.15) is 15.9 Å². The summed E-state index contributed by atoms with van der Waals surface area (Å²) in [5.74, 6) is 0.826. The monoisotopic (exact) mass is 448 g/mol. The van der Waals surface area contributed by atoms with E-state index in [1.165, 1.54) is 7.11 Å². The number of carbonyl (C=O) groups is 1. The lowest BCUT2D eigenvalue weighted by Gasteiger charge is -2.11. The number of hydrogen-bond donors (Lipinski definition) is 1. The predicted octanol–water partition coefficient (Wildman–Crippen LogP) is 5.79. The molecule has 8 heteroatoms. The Hall–Kier alpha value is -3.97. The number of rotatable bonds is 8. The van der Waals surface area contributed by atoms with Gasteiger partial charge < -0.3 is 9.47 Å². The van der Waals surface area contributed by atoms with Crippen molar-refractivity contribution in [2.45, 2.75) is 0 Å². The molecule has 0 aromatic heterocycles. The smallest absolute Gasteiger partial charge is 0.271 e. The second-order valence-corrected chi connectivity index (χ2v) is 6.82. The summed E-state index contributed by atoms with van der Waals surface area (Å²) in [6, 6.07) is 20.8. The fourth-order valence-corrected chi connectivity index (χ4v) is 2.72. The number of amidine groups is 1. The Balaban J connectivity index is 1.93. The first-order chi connectivity index (χ1) is 15.6. The lowest BCUT2D eigenvalue weighted by atomic mass is 10.2. The SMILES string of the molecule is C=CCOc1ccc(C(N=Nc2ccc(Cl)cc2)=NNC(=O)c2ccccc2)cc1OC. The summed E-state index contributed by atoms with van der Waals surface area (Å²) in [4.78, 5) is 12.4. The van der Waals surface area contributed by atoms with Gasteiger partial charge in [0.05, 0.1) is 12.8 Å². The minimum Gasteiger partial charge on any atom is -0.493 e. The molecule has 0 aliphatic heterocycles. The van der Waals surface area contributed by atoms with Crippen LogP contribution in [-0.4, -0.2) is 25.5 Å². The fraction of sp³-hybridized carbons (Fsp3) is 0.0833. The van der Waals surface area contributed by atoms with E-state index in [1.807, 2.05) is 6.07 Å². The van der Waals surface area contributed by atoms with Crippen LogP contribution in [0.5, 0.6) is 11.5 Å². The molecule has 7 nitrogen and oxygen atoms in total. The average molecular weight is 449 g/mol. The van der Waals surface area contributed by atoms with Gasteiger partial charge in [-0.3, -0.25) is 4.79 Å². The molecule has 0 unspecified atom stereocenters. The highest BCUT2D eigenvalue weighted by molar-refractivity contribution is 6.30. The second kappa shape index (κ2) is 11.4. The minimum absolute atomic E-state index is 0.179. The van der Waals surface area contributed by atoms with Crippen molar-refractivity contribution in [2.75, 3.05) is 13.7 Å². The van der Waals surface area contributed by atoms with Gasteiger partial charge in [0.2, 0.25) is 5.84 Å². The number of azo groups is 1. The van der Waals surface area contributed by atoms with Gasteiger partial charge in [0.1, 0.15) is 6.61 Å². The molecule has 0 saturated heterocycles. The van der Waals surface area contributed by atoms with Gasteiger partial charge in [-0.05, 0) is 54.6 Å². The highest BCUT2D eigenvalue weighted by atomic mass is 35.5. The van der Waals surface area contributed by atoms with Crippen LogP contribution in [0, 0.1) is 0 Å².